The van der Waals surface area contributed by atoms with Crippen molar-refractivity contribution in [2.75, 3.05) is 40.9 Å². The number of phosphoric ester groups is 1. The van der Waals surface area contributed by atoms with E-state index in [2.05, 4.69) is 31.3 Å². The fraction of sp³-hybridized carbons (Fsp3) is 0.926. The topological polar surface area (TPSA) is 108 Å². The van der Waals surface area contributed by atoms with Gasteiger partial charge in [0, 0.05) is 6.42 Å². The highest BCUT2D eigenvalue weighted by Crippen LogP contribution is 2.38. The van der Waals surface area contributed by atoms with Crippen LogP contribution in [-0.4, -0.2) is 68.5 Å². The lowest BCUT2D eigenvalue weighted by Gasteiger charge is -2.29. The van der Waals surface area contributed by atoms with E-state index in [1.54, 1.807) is 6.08 Å². The Morgan fingerprint density at radius 3 is 1.01 bits per heavy atom. The van der Waals surface area contributed by atoms with Crippen molar-refractivity contribution >= 4 is 13.7 Å². The molecule has 77 heavy (non-hydrogen) atoms. The summed E-state index contributed by atoms with van der Waals surface area (Å²) in [6, 6.07) is -0.885. The van der Waals surface area contributed by atoms with Gasteiger partial charge >= 0.3 is 0 Å². The van der Waals surface area contributed by atoms with E-state index in [1.165, 1.54) is 295 Å². The highest BCUT2D eigenvalue weighted by molar-refractivity contribution is 7.45. The van der Waals surface area contributed by atoms with Crippen LogP contribution >= 0.6 is 7.82 Å². The van der Waals surface area contributed by atoms with Crippen LogP contribution < -0.4 is 10.2 Å². The van der Waals surface area contributed by atoms with Gasteiger partial charge in [0.05, 0.1) is 39.9 Å². The van der Waals surface area contributed by atoms with Crippen molar-refractivity contribution in [2.45, 2.75) is 366 Å². The van der Waals surface area contributed by atoms with Gasteiger partial charge in [0.25, 0.3) is 7.82 Å². The van der Waals surface area contributed by atoms with Crippen molar-refractivity contribution in [2.24, 2.45) is 0 Å². The van der Waals surface area contributed by atoms with E-state index in [1.807, 2.05) is 27.2 Å². The molecule has 0 bridgehead atoms. The van der Waals surface area contributed by atoms with Crippen molar-refractivity contribution in [3.8, 4) is 0 Å². The predicted octanol–water partition coefficient (Wildman–Crippen LogP) is 20.9. The number of aliphatic hydroxyl groups excluding tert-OH is 1. The third kappa shape index (κ3) is 62.4. The highest BCUT2D eigenvalue weighted by atomic mass is 31.2. The molecule has 3 atom stereocenters. The van der Waals surface area contributed by atoms with Crippen molar-refractivity contribution < 1.29 is 32.9 Å². The molecule has 0 saturated heterocycles. The smallest absolute Gasteiger partial charge is 0.268 e. The van der Waals surface area contributed by atoms with Crippen LogP contribution in [0.5, 0.6) is 0 Å². The van der Waals surface area contributed by atoms with Gasteiger partial charge in [-0.25, -0.2) is 0 Å². The minimum atomic E-state index is -4.60. The maximum absolute atomic E-state index is 13.0. The molecule has 0 aromatic rings. The fourth-order valence-corrected chi connectivity index (χ4v) is 11.3. The van der Waals surface area contributed by atoms with Gasteiger partial charge < -0.3 is 28.8 Å². The lowest BCUT2D eigenvalue weighted by atomic mass is 10.0. The second-order valence-corrected chi connectivity index (χ2v) is 26.3. The summed E-state index contributed by atoms with van der Waals surface area (Å²) in [5, 5.41) is 14.0. The maximum Gasteiger partial charge on any atom is 0.268 e. The molecule has 0 saturated carbocycles. The summed E-state index contributed by atoms with van der Waals surface area (Å²) < 4.78 is 23.5. The first kappa shape index (κ1) is 76.0. The molecule has 0 aromatic carbocycles. The van der Waals surface area contributed by atoms with Crippen LogP contribution in [0.4, 0.5) is 0 Å². The molecule has 0 aliphatic rings. The van der Waals surface area contributed by atoms with E-state index in [4.69, 9.17) is 9.05 Å². The average Bonchev–Trinajstić information content (AvgIpc) is 3.39. The zero-order chi connectivity index (χ0) is 56.3. The Hall–Kier alpha value is -1.02. The summed E-state index contributed by atoms with van der Waals surface area (Å²) in [5.41, 5.74) is 0. The Kier molecular flexibility index (Phi) is 58.8. The number of nitrogens with zero attached hydrogens (tertiary/aromatic N) is 1. The first-order valence-electron chi connectivity index (χ1n) is 34.2. The molecule has 458 valence electrons. The number of aliphatic hydroxyl groups is 1. The van der Waals surface area contributed by atoms with Crippen molar-refractivity contribution in [1.82, 2.24) is 5.32 Å². The van der Waals surface area contributed by atoms with Gasteiger partial charge in [-0.1, -0.05) is 327 Å². The number of hydrogen-bond acceptors (Lipinski definition) is 6. The molecular formula is C68H135N2O6P. The zero-order valence-corrected chi connectivity index (χ0v) is 53.3. The van der Waals surface area contributed by atoms with Gasteiger partial charge in [-0.15, -0.1) is 0 Å². The molecule has 0 heterocycles. The van der Waals surface area contributed by atoms with Crippen molar-refractivity contribution in [3.05, 3.63) is 24.3 Å². The molecule has 0 radical (unpaired) electrons. The second kappa shape index (κ2) is 59.6. The van der Waals surface area contributed by atoms with E-state index in [-0.39, 0.29) is 19.1 Å². The molecule has 2 N–H and O–H groups in total. The van der Waals surface area contributed by atoms with Crippen LogP contribution in [0.15, 0.2) is 24.3 Å². The van der Waals surface area contributed by atoms with E-state index < -0.39 is 20.0 Å². The van der Waals surface area contributed by atoms with Crippen molar-refractivity contribution in [1.29, 1.82) is 0 Å². The SMILES string of the molecule is CCCCCCCCCC/C=C\CCCCCCCCCCCCCCCCCCCC(=O)NC(COP(=O)([O-])OCC[N+](C)(C)C)C(O)/C=C/CCCCCCCCCCCCCCCCCCCCCCCCCC. The Labute approximate surface area is 481 Å². The largest absolute Gasteiger partial charge is 0.756 e. The number of rotatable bonds is 64. The summed E-state index contributed by atoms with van der Waals surface area (Å²) in [5.74, 6) is -0.189. The number of unbranched alkanes of at least 4 members (excludes halogenated alkanes) is 49. The van der Waals surface area contributed by atoms with Gasteiger partial charge in [0.1, 0.15) is 13.2 Å². The molecule has 0 spiro atoms. The quantitative estimate of drug-likeness (QED) is 0.0272. The van der Waals surface area contributed by atoms with Crippen LogP contribution in [0.2, 0.25) is 0 Å². The van der Waals surface area contributed by atoms with Crippen LogP contribution in [0, 0.1) is 0 Å². The summed E-state index contributed by atoms with van der Waals surface area (Å²) in [6.07, 6.45) is 77.2. The molecule has 9 heteroatoms. The molecule has 1 amide bonds. The van der Waals surface area contributed by atoms with E-state index in [0.717, 1.165) is 38.5 Å². The molecule has 0 aliphatic carbocycles. The Bertz CT molecular complexity index is 1300. The standard InChI is InChI=1S/C68H135N2O6P/c1-6-8-10-12-14-16-18-20-22-24-26-28-30-32-34-35-36-38-40-42-44-46-48-50-52-54-56-58-60-62-68(72)69-66(65-76-77(73,74)75-64-63-70(3,4)5)67(71)61-59-57-55-53-51-49-47-45-43-41-39-37-33-31-29-27-25-23-21-19-17-15-13-11-9-7-2/h24,26,59,61,66-67,71H,6-23,25,27-58,60,62-65H2,1-5H3,(H-,69,72,73,74)/b26-24-,61-59+. The van der Waals surface area contributed by atoms with Gasteiger partial charge in [-0.05, 0) is 44.9 Å². The third-order valence-corrected chi connectivity index (χ3v) is 16.9. The van der Waals surface area contributed by atoms with Gasteiger partial charge in [0.15, 0.2) is 0 Å². The number of carbonyl (C=O) groups excluding carboxylic acids is 1. The van der Waals surface area contributed by atoms with Gasteiger partial charge in [0.2, 0.25) is 5.91 Å². The first-order valence-corrected chi connectivity index (χ1v) is 35.7. The number of carbonyl (C=O) groups is 1. The Morgan fingerprint density at radius 1 is 0.442 bits per heavy atom. The Morgan fingerprint density at radius 2 is 0.714 bits per heavy atom. The van der Waals surface area contributed by atoms with Gasteiger partial charge in [-0.2, -0.15) is 0 Å². The molecule has 0 aromatic heterocycles. The monoisotopic (exact) mass is 1110 g/mol. The van der Waals surface area contributed by atoms with E-state index in [9.17, 15) is 19.4 Å². The van der Waals surface area contributed by atoms with E-state index in [0.29, 0.717) is 17.4 Å². The predicted molar refractivity (Wildman–Crippen MR) is 335 cm³/mol. The normalized spacial score (nSPS) is 13.8. The van der Waals surface area contributed by atoms with E-state index >= 15 is 0 Å². The summed E-state index contributed by atoms with van der Waals surface area (Å²) in [6.45, 7) is 4.71. The molecule has 0 rings (SSSR count). The lowest BCUT2D eigenvalue weighted by molar-refractivity contribution is -0.870. The van der Waals surface area contributed by atoms with Gasteiger partial charge in [-0.3, -0.25) is 9.36 Å². The van der Waals surface area contributed by atoms with Crippen LogP contribution in [0.3, 0.4) is 0 Å². The molecule has 3 unspecified atom stereocenters. The summed E-state index contributed by atoms with van der Waals surface area (Å²) in [4.78, 5) is 25.6. The molecule has 8 nitrogen and oxygen atoms in total. The summed E-state index contributed by atoms with van der Waals surface area (Å²) in [7, 11) is 1.28. The molecule has 0 fully saturated rings. The number of allylic oxidation sites excluding steroid dienone is 3. The highest BCUT2D eigenvalue weighted by Gasteiger charge is 2.23. The number of hydrogen-bond donors (Lipinski definition) is 2. The minimum Gasteiger partial charge on any atom is -0.756 e. The Balaban J connectivity index is 4.06. The number of nitrogens with one attached hydrogen (secondary N) is 1. The number of quaternary nitrogens is 1. The maximum atomic E-state index is 13.0. The summed E-state index contributed by atoms with van der Waals surface area (Å²) >= 11 is 0. The fourth-order valence-electron chi connectivity index (χ4n) is 10.6. The third-order valence-electron chi connectivity index (χ3n) is 15.9. The number of likely N-dealkylation sites (N-methyl/N-ethyl adjacent to an activating group) is 1. The first-order chi connectivity index (χ1) is 37.5. The van der Waals surface area contributed by atoms with Crippen LogP contribution in [-0.2, 0) is 18.4 Å². The second-order valence-electron chi connectivity index (χ2n) is 24.9. The molecule has 0 aliphatic heterocycles. The zero-order valence-electron chi connectivity index (χ0n) is 52.4. The average molecular weight is 1110 g/mol. The molecular weight excluding hydrogens is 972 g/mol. The lowest BCUT2D eigenvalue weighted by Crippen LogP contribution is -2.45. The van der Waals surface area contributed by atoms with Crippen LogP contribution in [0.1, 0.15) is 354 Å². The number of phosphoric acid groups is 1. The van der Waals surface area contributed by atoms with Crippen LogP contribution in [0.25, 0.3) is 0 Å². The number of amides is 1. The minimum absolute atomic E-state index is 0.00176. The van der Waals surface area contributed by atoms with Crippen molar-refractivity contribution in [3.63, 3.8) is 0 Å².